The van der Waals surface area contributed by atoms with Crippen LogP contribution in [-0.2, 0) is 5.88 Å². The van der Waals surface area contributed by atoms with Gasteiger partial charge in [0.15, 0.2) is 0 Å². The van der Waals surface area contributed by atoms with E-state index in [2.05, 4.69) is 11.1 Å². The summed E-state index contributed by atoms with van der Waals surface area (Å²) in [6.07, 6.45) is 0. The Hall–Kier alpha value is -1.22. The van der Waals surface area contributed by atoms with Crippen LogP contribution in [0.5, 0.6) is 0 Å². The van der Waals surface area contributed by atoms with Crippen molar-refractivity contribution in [1.82, 2.24) is 9.55 Å². The van der Waals surface area contributed by atoms with Gasteiger partial charge in [0.1, 0.15) is 5.82 Å². The largest absolute Gasteiger partial charge is 0.294 e. The van der Waals surface area contributed by atoms with Crippen LogP contribution < -0.4 is 0 Å². The third-order valence-electron chi connectivity index (χ3n) is 3.17. The third kappa shape index (κ3) is 2.18. The molecule has 0 N–H and O–H groups in total. The van der Waals surface area contributed by atoms with E-state index >= 15 is 0 Å². The fourth-order valence-electron chi connectivity index (χ4n) is 2.26. The molecule has 3 rings (SSSR count). The zero-order chi connectivity index (χ0) is 14.3. The monoisotopic (exact) mass is 324 g/mol. The normalized spacial score (nSPS) is 11.2. The third-order valence-corrected chi connectivity index (χ3v) is 4.22. The molecule has 0 amide bonds. The second kappa shape index (κ2) is 5.28. The second-order valence-corrected chi connectivity index (χ2v) is 5.61. The summed E-state index contributed by atoms with van der Waals surface area (Å²) in [6.45, 7) is 2.04. The molecule has 0 aliphatic rings. The standard InChI is InChI=1S/C15H11Cl3N2/c1-9-5-6-11-13(7-9)20(14(8-16)19-11)12-4-2-3-10(17)15(12)18/h2-7H,8H2,1H3. The number of benzene rings is 2. The molecule has 2 aromatic carbocycles. The van der Waals surface area contributed by atoms with E-state index in [1.54, 1.807) is 6.07 Å². The Labute approximate surface area is 131 Å². The summed E-state index contributed by atoms with van der Waals surface area (Å²) in [7, 11) is 0. The summed E-state index contributed by atoms with van der Waals surface area (Å²) < 4.78 is 1.96. The number of nitrogens with zero attached hydrogens (tertiary/aromatic N) is 2. The fraction of sp³-hybridized carbons (Fsp3) is 0.133. The van der Waals surface area contributed by atoms with E-state index in [1.165, 1.54) is 0 Å². The molecule has 102 valence electrons. The molecule has 0 fully saturated rings. The quantitative estimate of drug-likeness (QED) is 0.578. The van der Waals surface area contributed by atoms with Crippen LogP contribution in [0, 0.1) is 6.92 Å². The van der Waals surface area contributed by atoms with E-state index in [0.717, 1.165) is 28.1 Å². The summed E-state index contributed by atoms with van der Waals surface area (Å²) in [5.41, 5.74) is 3.81. The minimum absolute atomic E-state index is 0.302. The zero-order valence-electron chi connectivity index (χ0n) is 10.7. The van der Waals surface area contributed by atoms with Gasteiger partial charge in [0, 0.05) is 0 Å². The van der Waals surface area contributed by atoms with E-state index < -0.39 is 0 Å². The highest BCUT2D eigenvalue weighted by Crippen LogP contribution is 2.32. The number of aryl methyl sites for hydroxylation is 1. The van der Waals surface area contributed by atoms with Crippen molar-refractivity contribution in [3.63, 3.8) is 0 Å². The minimum atomic E-state index is 0.302. The van der Waals surface area contributed by atoms with Gasteiger partial charge in [-0.1, -0.05) is 35.3 Å². The van der Waals surface area contributed by atoms with Crippen LogP contribution in [0.4, 0.5) is 0 Å². The lowest BCUT2D eigenvalue weighted by atomic mass is 10.2. The lowest BCUT2D eigenvalue weighted by molar-refractivity contribution is 0.982. The maximum atomic E-state index is 6.33. The number of imidazole rings is 1. The van der Waals surface area contributed by atoms with Crippen molar-refractivity contribution in [2.75, 3.05) is 0 Å². The van der Waals surface area contributed by atoms with Crippen molar-refractivity contribution in [3.05, 3.63) is 57.8 Å². The highest BCUT2D eigenvalue weighted by atomic mass is 35.5. The number of rotatable bonds is 2. The number of hydrogen-bond donors (Lipinski definition) is 0. The molecule has 0 aliphatic heterocycles. The van der Waals surface area contributed by atoms with Gasteiger partial charge in [-0.25, -0.2) is 4.98 Å². The molecule has 0 spiro atoms. The second-order valence-electron chi connectivity index (χ2n) is 4.56. The van der Waals surface area contributed by atoms with Crippen LogP contribution in [0.3, 0.4) is 0 Å². The predicted octanol–water partition coefficient (Wildman–Crippen LogP) is 5.38. The van der Waals surface area contributed by atoms with Gasteiger partial charge in [0.05, 0.1) is 32.6 Å². The first-order valence-electron chi connectivity index (χ1n) is 6.10. The van der Waals surface area contributed by atoms with Gasteiger partial charge in [-0.3, -0.25) is 4.57 Å². The Morgan fingerprint density at radius 3 is 2.70 bits per heavy atom. The Morgan fingerprint density at radius 1 is 1.15 bits per heavy atom. The van der Waals surface area contributed by atoms with E-state index in [1.807, 2.05) is 35.8 Å². The van der Waals surface area contributed by atoms with Crippen LogP contribution in [0.25, 0.3) is 16.7 Å². The Balaban J connectivity index is 2.39. The van der Waals surface area contributed by atoms with Crippen LogP contribution >= 0.6 is 34.8 Å². The molecule has 0 atom stereocenters. The van der Waals surface area contributed by atoms with Gasteiger partial charge in [-0.05, 0) is 36.8 Å². The van der Waals surface area contributed by atoms with Crippen molar-refractivity contribution < 1.29 is 0 Å². The number of alkyl halides is 1. The summed E-state index contributed by atoms with van der Waals surface area (Å²) in [6, 6.07) is 11.6. The molecule has 1 aromatic heterocycles. The number of hydrogen-bond acceptors (Lipinski definition) is 1. The van der Waals surface area contributed by atoms with E-state index in [-0.39, 0.29) is 0 Å². The van der Waals surface area contributed by atoms with Crippen molar-refractivity contribution in [2.24, 2.45) is 0 Å². The molecular formula is C15H11Cl3N2. The van der Waals surface area contributed by atoms with Crippen molar-refractivity contribution in [2.45, 2.75) is 12.8 Å². The molecule has 20 heavy (non-hydrogen) atoms. The lowest BCUT2D eigenvalue weighted by Crippen LogP contribution is -2.00. The van der Waals surface area contributed by atoms with Crippen LogP contribution in [-0.4, -0.2) is 9.55 Å². The molecule has 5 heteroatoms. The van der Waals surface area contributed by atoms with Crippen LogP contribution in [0.2, 0.25) is 10.0 Å². The fourth-order valence-corrected chi connectivity index (χ4v) is 2.82. The summed E-state index contributed by atoms with van der Waals surface area (Å²) in [4.78, 5) is 4.55. The molecule has 1 heterocycles. The van der Waals surface area contributed by atoms with Gasteiger partial charge in [-0.15, -0.1) is 11.6 Å². The summed E-state index contributed by atoms with van der Waals surface area (Å²) >= 11 is 18.5. The topological polar surface area (TPSA) is 17.8 Å². The Morgan fingerprint density at radius 2 is 1.95 bits per heavy atom. The first-order valence-corrected chi connectivity index (χ1v) is 7.39. The van der Waals surface area contributed by atoms with Gasteiger partial charge in [-0.2, -0.15) is 0 Å². The number of fused-ring (bicyclic) bond motifs is 1. The van der Waals surface area contributed by atoms with Gasteiger partial charge in [0.25, 0.3) is 0 Å². The minimum Gasteiger partial charge on any atom is -0.294 e. The van der Waals surface area contributed by atoms with Gasteiger partial charge in [0.2, 0.25) is 0 Å². The van der Waals surface area contributed by atoms with E-state index in [0.29, 0.717) is 15.9 Å². The molecule has 0 saturated carbocycles. The van der Waals surface area contributed by atoms with E-state index in [9.17, 15) is 0 Å². The molecule has 0 aliphatic carbocycles. The number of aromatic nitrogens is 2. The van der Waals surface area contributed by atoms with Crippen LogP contribution in [0.15, 0.2) is 36.4 Å². The molecule has 2 nitrogen and oxygen atoms in total. The van der Waals surface area contributed by atoms with Crippen LogP contribution in [0.1, 0.15) is 11.4 Å². The highest BCUT2D eigenvalue weighted by Gasteiger charge is 2.15. The molecule has 0 radical (unpaired) electrons. The van der Waals surface area contributed by atoms with Crippen molar-refractivity contribution >= 4 is 45.8 Å². The van der Waals surface area contributed by atoms with Crippen molar-refractivity contribution in [1.29, 1.82) is 0 Å². The highest BCUT2D eigenvalue weighted by molar-refractivity contribution is 6.43. The average Bonchev–Trinajstić information content (AvgIpc) is 2.79. The zero-order valence-corrected chi connectivity index (χ0v) is 13.0. The lowest BCUT2D eigenvalue weighted by Gasteiger charge is -2.11. The summed E-state index contributed by atoms with van der Waals surface area (Å²) in [5, 5.41) is 1.01. The maximum absolute atomic E-state index is 6.33. The predicted molar refractivity (Wildman–Crippen MR) is 85.4 cm³/mol. The average molecular weight is 326 g/mol. The summed E-state index contributed by atoms with van der Waals surface area (Å²) in [5.74, 6) is 1.05. The number of halogens is 3. The van der Waals surface area contributed by atoms with Gasteiger partial charge < -0.3 is 0 Å². The molecule has 3 aromatic rings. The molecule has 0 saturated heterocycles. The van der Waals surface area contributed by atoms with Gasteiger partial charge >= 0.3 is 0 Å². The van der Waals surface area contributed by atoms with E-state index in [4.69, 9.17) is 34.8 Å². The smallest absolute Gasteiger partial charge is 0.129 e. The molecule has 0 bridgehead atoms. The first kappa shape index (κ1) is 13.7. The Kier molecular flexibility index (Phi) is 3.63. The van der Waals surface area contributed by atoms with Crippen molar-refractivity contribution in [3.8, 4) is 5.69 Å². The molecule has 0 unspecified atom stereocenters. The molecular weight excluding hydrogens is 315 g/mol. The first-order chi connectivity index (χ1) is 9.61. The SMILES string of the molecule is Cc1ccc2nc(CCl)n(-c3cccc(Cl)c3Cl)c2c1. The maximum Gasteiger partial charge on any atom is 0.129 e. The Bertz CT molecular complexity index is 793.